The lowest BCUT2D eigenvalue weighted by atomic mass is 10.1. The molecule has 1 aliphatic heterocycles. The third-order valence-corrected chi connectivity index (χ3v) is 5.63. The number of phosphoric acid groups is 1. The van der Waals surface area contributed by atoms with E-state index in [1.54, 1.807) is 0 Å². The van der Waals surface area contributed by atoms with E-state index in [0.29, 0.717) is 18.8 Å². The molecular formula is C17H17BrNO7P. The van der Waals surface area contributed by atoms with E-state index in [2.05, 4.69) is 15.9 Å². The number of hydrogen-bond donors (Lipinski definition) is 0. The highest BCUT2D eigenvalue weighted by Gasteiger charge is 2.38. The third kappa shape index (κ3) is 5.07. The fraction of sp³-hybridized carbons (Fsp3) is 0.294. The second-order valence-electron chi connectivity index (χ2n) is 5.66. The van der Waals surface area contributed by atoms with E-state index in [-0.39, 0.29) is 18.0 Å². The van der Waals surface area contributed by atoms with E-state index < -0.39 is 18.8 Å². The number of ether oxygens (including phenoxy) is 1. The van der Waals surface area contributed by atoms with Crippen LogP contribution in [0, 0.1) is 10.1 Å². The van der Waals surface area contributed by atoms with Gasteiger partial charge in [-0.05, 0) is 42.8 Å². The number of nitrogens with zero attached hydrogens (tertiary/aromatic N) is 1. The first-order valence-corrected chi connectivity index (χ1v) is 10.4. The molecule has 144 valence electrons. The summed E-state index contributed by atoms with van der Waals surface area (Å²) in [5.41, 5.74) is 0.685. The van der Waals surface area contributed by atoms with Gasteiger partial charge in [0.25, 0.3) is 5.69 Å². The van der Waals surface area contributed by atoms with Gasteiger partial charge >= 0.3 is 7.82 Å². The third-order valence-electron chi connectivity index (χ3n) is 3.73. The van der Waals surface area contributed by atoms with Gasteiger partial charge in [0, 0.05) is 23.0 Å². The number of non-ortho nitro benzene ring substituents is 1. The van der Waals surface area contributed by atoms with E-state index in [1.807, 2.05) is 25.1 Å². The number of benzene rings is 2. The lowest BCUT2D eigenvalue weighted by Crippen LogP contribution is -2.16. The summed E-state index contributed by atoms with van der Waals surface area (Å²) in [6, 6.07) is 10.7. The van der Waals surface area contributed by atoms with Crippen molar-refractivity contribution in [2.45, 2.75) is 19.4 Å². The van der Waals surface area contributed by atoms with Crippen molar-refractivity contribution in [3.8, 4) is 11.5 Å². The molecule has 10 heteroatoms. The quantitative estimate of drug-likeness (QED) is 0.324. The molecule has 0 N–H and O–H groups in total. The van der Waals surface area contributed by atoms with Gasteiger partial charge in [0.1, 0.15) is 11.5 Å². The van der Waals surface area contributed by atoms with Crippen LogP contribution in [0.5, 0.6) is 11.5 Å². The van der Waals surface area contributed by atoms with Crippen molar-refractivity contribution in [3.63, 3.8) is 0 Å². The molecule has 0 unspecified atom stereocenters. The maximum absolute atomic E-state index is 12.9. The normalized spacial score (nSPS) is 22.2. The highest BCUT2D eigenvalue weighted by Crippen LogP contribution is 2.56. The molecule has 2 atom stereocenters. The largest absolute Gasteiger partial charge is 0.530 e. The van der Waals surface area contributed by atoms with Gasteiger partial charge in [-0.25, -0.2) is 4.57 Å². The molecule has 0 amide bonds. The number of nitro benzene ring substituents is 1. The summed E-state index contributed by atoms with van der Waals surface area (Å²) in [6.07, 6.45) is -0.00495. The number of hydrogen-bond acceptors (Lipinski definition) is 7. The van der Waals surface area contributed by atoms with Crippen LogP contribution in [0.25, 0.3) is 0 Å². The average molecular weight is 458 g/mol. The molecule has 3 rings (SSSR count). The minimum absolute atomic E-state index is 0.0958. The standard InChI is InChI=1S/C17H17BrNO7P/c1-2-23-16-10-12(9-13(18)11-16)17-7-8-24-27(22,26-17)25-15-5-3-14(4-6-15)19(20)21/h3-6,9-11,17H,2,7-8H2,1H3/t17-,27-/m0/s1. The Balaban J connectivity index is 1.76. The van der Waals surface area contributed by atoms with E-state index in [4.69, 9.17) is 18.3 Å². The van der Waals surface area contributed by atoms with Crippen LogP contribution >= 0.6 is 23.8 Å². The van der Waals surface area contributed by atoms with Crippen LogP contribution in [0.4, 0.5) is 5.69 Å². The van der Waals surface area contributed by atoms with Crippen LogP contribution in [-0.4, -0.2) is 18.1 Å². The van der Waals surface area contributed by atoms with Crippen molar-refractivity contribution >= 4 is 29.4 Å². The summed E-state index contributed by atoms with van der Waals surface area (Å²) in [6.45, 7) is 2.59. The molecule has 1 fully saturated rings. The smallest absolute Gasteiger partial charge is 0.494 e. The maximum Gasteiger partial charge on any atom is 0.530 e. The Morgan fingerprint density at radius 3 is 2.67 bits per heavy atom. The van der Waals surface area contributed by atoms with Gasteiger partial charge in [-0.1, -0.05) is 15.9 Å². The van der Waals surface area contributed by atoms with Crippen LogP contribution in [0.1, 0.15) is 25.0 Å². The van der Waals surface area contributed by atoms with Gasteiger partial charge in [0.15, 0.2) is 0 Å². The van der Waals surface area contributed by atoms with Gasteiger partial charge in [0.05, 0.1) is 24.2 Å². The lowest BCUT2D eigenvalue weighted by molar-refractivity contribution is -0.384. The van der Waals surface area contributed by atoms with Gasteiger partial charge in [-0.15, -0.1) is 0 Å². The highest BCUT2D eigenvalue weighted by atomic mass is 79.9. The van der Waals surface area contributed by atoms with Crippen molar-refractivity contribution in [1.82, 2.24) is 0 Å². The SMILES string of the molecule is CCOc1cc(Br)cc([C@@H]2CCO[P@@](=O)(Oc3ccc([N+](=O)[O-])cc3)O2)c1. The van der Waals surface area contributed by atoms with Crippen molar-refractivity contribution in [3.05, 3.63) is 62.6 Å². The Morgan fingerprint density at radius 1 is 1.26 bits per heavy atom. The maximum atomic E-state index is 12.9. The Labute approximate surface area is 164 Å². The Kier molecular flexibility index (Phi) is 6.16. The first-order chi connectivity index (χ1) is 12.9. The van der Waals surface area contributed by atoms with Crippen LogP contribution < -0.4 is 9.26 Å². The first kappa shape index (κ1) is 19.8. The van der Waals surface area contributed by atoms with Gasteiger partial charge in [0.2, 0.25) is 0 Å². The zero-order valence-electron chi connectivity index (χ0n) is 14.4. The van der Waals surface area contributed by atoms with Crippen molar-refractivity contribution in [1.29, 1.82) is 0 Å². The number of rotatable bonds is 6. The van der Waals surface area contributed by atoms with Crippen molar-refractivity contribution in [2.24, 2.45) is 0 Å². The molecule has 0 radical (unpaired) electrons. The Morgan fingerprint density at radius 2 is 2.00 bits per heavy atom. The molecule has 1 aliphatic rings. The minimum atomic E-state index is -3.87. The van der Waals surface area contributed by atoms with E-state index >= 15 is 0 Å². The summed E-state index contributed by atoms with van der Waals surface area (Å²) >= 11 is 3.43. The Hall–Kier alpha value is -1.93. The van der Waals surface area contributed by atoms with E-state index in [1.165, 1.54) is 24.3 Å². The predicted octanol–water partition coefficient (Wildman–Crippen LogP) is 5.42. The summed E-state index contributed by atoms with van der Waals surface area (Å²) in [5, 5.41) is 10.7. The average Bonchev–Trinajstić information content (AvgIpc) is 2.61. The lowest BCUT2D eigenvalue weighted by Gasteiger charge is -2.29. The molecule has 8 nitrogen and oxygen atoms in total. The van der Waals surface area contributed by atoms with Gasteiger partial charge < -0.3 is 9.26 Å². The first-order valence-electron chi connectivity index (χ1n) is 8.19. The molecule has 0 aromatic heterocycles. The molecule has 27 heavy (non-hydrogen) atoms. The van der Waals surface area contributed by atoms with E-state index in [0.717, 1.165) is 10.0 Å². The topological polar surface area (TPSA) is 97.1 Å². The Bertz CT molecular complexity index is 874. The summed E-state index contributed by atoms with van der Waals surface area (Å²) in [7, 11) is -3.87. The zero-order chi connectivity index (χ0) is 19.4. The number of nitro groups is 1. The minimum Gasteiger partial charge on any atom is -0.494 e. The molecule has 2 aromatic carbocycles. The number of phosphoric ester groups is 1. The molecule has 0 bridgehead atoms. The summed E-state index contributed by atoms with van der Waals surface area (Å²) in [5.74, 6) is 0.830. The second-order valence-corrected chi connectivity index (χ2v) is 8.12. The van der Waals surface area contributed by atoms with Crippen LogP contribution in [-0.2, 0) is 13.6 Å². The number of halogens is 1. The monoisotopic (exact) mass is 457 g/mol. The molecule has 1 heterocycles. The molecule has 0 saturated carbocycles. The fourth-order valence-corrected chi connectivity index (χ4v) is 4.46. The van der Waals surface area contributed by atoms with Crippen LogP contribution in [0.3, 0.4) is 0 Å². The van der Waals surface area contributed by atoms with Crippen molar-refractivity contribution in [2.75, 3.05) is 13.2 Å². The van der Waals surface area contributed by atoms with Crippen LogP contribution in [0.15, 0.2) is 46.9 Å². The predicted molar refractivity (Wildman–Crippen MR) is 101 cm³/mol. The zero-order valence-corrected chi connectivity index (χ0v) is 16.9. The van der Waals surface area contributed by atoms with Crippen molar-refractivity contribution < 1.29 is 27.8 Å². The highest BCUT2D eigenvalue weighted by molar-refractivity contribution is 9.10. The second kappa shape index (κ2) is 8.39. The van der Waals surface area contributed by atoms with E-state index in [9.17, 15) is 14.7 Å². The molecule has 1 saturated heterocycles. The molecular weight excluding hydrogens is 441 g/mol. The summed E-state index contributed by atoms with van der Waals surface area (Å²) in [4.78, 5) is 10.2. The van der Waals surface area contributed by atoms with Crippen LogP contribution in [0.2, 0.25) is 0 Å². The molecule has 0 aliphatic carbocycles. The molecule has 2 aromatic rings. The fourth-order valence-electron chi connectivity index (χ4n) is 2.56. The summed E-state index contributed by atoms with van der Waals surface area (Å²) < 4.78 is 35.4. The van der Waals surface area contributed by atoms with Gasteiger partial charge in [-0.3, -0.25) is 19.2 Å². The molecule has 0 spiro atoms. The van der Waals surface area contributed by atoms with Gasteiger partial charge in [-0.2, -0.15) is 0 Å².